The van der Waals surface area contributed by atoms with Crippen molar-refractivity contribution in [1.82, 2.24) is 4.68 Å². The monoisotopic (exact) mass is 352 g/mol. The van der Waals surface area contributed by atoms with E-state index >= 15 is 0 Å². The van der Waals surface area contributed by atoms with Gasteiger partial charge in [0.05, 0.1) is 17.7 Å². The molecule has 0 aliphatic heterocycles. The summed E-state index contributed by atoms with van der Waals surface area (Å²) in [5.41, 5.74) is 0.292. The van der Waals surface area contributed by atoms with Crippen LogP contribution < -0.4 is 20.9 Å². The van der Waals surface area contributed by atoms with Gasteiger partial charge in [0.1, 0.15) is 0 Å². The van der Waals surface area contributed by atoms with Crippen LogP contribution in [0, 0.1) is 0 Å². The van der Waals surface area contributed by atoms with Crippen LogP contribution in [0.5, 0.6) is 11.5 Å². The first kappa shape index (κ1) is 17.5. The lowest BCUT2D eigenvalue weighted by Gasteiger charge is -2.15. The van der Waals surface area contributed by atoms with E-state index in [2.05, 4.69) is 0 Å². The van der Waals surface area contributed by atoms with Crippen molar-refractivity contribution in [2.75, 3.05) is 12.4 Å². The number of rotatable bonds is 6. The Hall–Kier alpha value is -3.28. The molecule has 2 aromatic carbocycles. The fourth-order valence-corrected chi connectivity index (χ4v) is 2.59. The highest BCUT2D eigenvalue weighted by atomic mass is 16.6. The molecule has 0 aliphatic rings. The number of nitrogen functional groups attached to an aromatic ring is 1. The van der Waals surface area contributed by atoms with E-state index in [1.807, 2.05) is 6.92 Å². The molecule has 0 unspecified atom stereocenters. The topological polar surface area (TPSA) is 83.6 Å². The number of pyridine rings is 1. The molecule has 3 rings (SSSR count). The summed E-state index contributed by atoms with van der Waals surface area (Å²) >= 11 is 0. The van der Waals surface area contributed by atoms with Gasteiger partial charge in [-0.25, -0.2) is 9.47 Å². The predicted octanol–water partition coefficient (Wildman–Crippen LogP) is 3.11. The van der Waals surface area contributed by atoms with Gasteiger partial charge in [-0.15, -0.1) is 0 Å². The predicted molar refractivity (Wildman–Crippen MR) is 100 cm³/mol. The van der Waals surface area contributed by atoms with Crippen molar-refractivity contribution >= 4 is 16.9 Å². The number of nitrogens with two attached hydrogens (primary N) is 1. The summed E-state index contributed by atoms with van der Waals surface area (Å²) in [5, 5.41) is 0.533. The van der Waals surface area contributed by atoms with Gasteiger partial charge < -0.3 is 15.3 Å². The van der Waals surface area contributed by atoms with E-state index in [9.17, 15) is 9.59 Å². The minimum Gasteiger partial charge on any atom is -0.485 e. The summed E-state index contributed by atoms with van der Waals surface area (Å²) < 4.78 is 12.2. The van der Waals surface area contributed by atoms with E-state index in [-0.39, 0.29) is 11.5 Å². The van der Waals surface area contributed by atoms with Crippen LogP contribution in [-0.4, -0.2) is 17.3 Å². The highest BCUT2D eigenvalue weighted by molar-refractivity contribution is 5.95. The van der Waals surface area contributed by atoms with Crippen LogP contribution >= 0.6 is 0 Å². The van der Waals surface area contributed by atoms with Gasteiger partial charge >= 0.3 is 11.5 Å². The Balaban J connectivity index is 2.11. The highest BCUT2D eigenvalue weighted by Gasteiger charge is 2.21. The zero-order valence-electron chi connectivity index (χ0n) is 14.5. The zero-order chi connectivity index (χ0) is 18.5. The number of aromatic nitrogens is 1. The van der Waals surface area contributed by atoms with Crippen molar-refractivity contribution in [3.63, 3.8) is 0 Å². The number of hydrogen-bond donors (Lipinski definition) is 1. The van der Waals surface area contributed by atoms with E-state index in [1.54, 1.807) is 54.6 Å². The van der Waals surface area contributed by atoms with Gasteiger partial charge in [0.15, 0.2) is 5.75 Å². The molecule has 0 fully saturated rings. The highest BCUT2D eigenvalue weighted by Crippen LogP contribution is 2.33. The largest absolute Gasteiger partial charge is 0.485 e. The molecule has 0 atom stereocenters. The molecular formula is C20H20N2O4. The Kier molecular flexibility index (Phi) is 5.22. The number of nitrogens with zero attached hydrogens (tertiary/aromatic N) is 1. The number of esters is 1. The number of para-hydroxylation sites is 1. The molecule has 134 valence electrons. The maximum absolute atomic E-state index is 12.6. The van der Waals surface area contributed by atoms with E-state index in [0.29, 0.717) is 23.1 Å². The molecule has 1 aromatic heterocycles. The van der Waals surface area contributed by atoms with Crippen molar-refractivity contribution < 1.29 is 14.3 Å². The lowest BCUT2D eigenvalue weighted by molar-refractivity contribution is 0.0730. The van der Waals surface area contributed by atoms with Gasteiger partial charge in [-0.05, 0) is 30.7 Å². The summed E-state index contributed by atoms with van der Waals surface area (Å²) in [7, 11) is 0. The van der Waals surface area contributed by atoms with Crippen molar-refractivity contribution in [2.24, 2.45) is 0 Å². The lowest BCUT2D eigenvalue weighted by Crippen LogP contribution is -2.29. The second kappa shape index (κ2) is 7.74. The number of ether oxygens (including phenoxy) is 2. The fraction of sp³-hybridized carbons (Fsp3) is 0.200. The van der Waals surface area contributed by atoms with E-state index in [4.69, 9.17) is 15.3 Å². The summed E-state index contributed by atoms with van der Waals surface area (Å²) in [6, 6.07) is 15.5. The smallest absolute Gasteiger partial charge is 0.343 e. The number of unbranched alkanes of at least 4 members (excludes halogenated alkanes) is 1. The molecule has 0 aliphatic carbocycles. The van der Waals surface area contributed by atoms with Crippen molar-refractivity contribution in [3.8, 4) is 11.5 Å². The Morgan fingerprint density at radius 3 is 2.46 bits per heavy atom. The maximum Gasteiger partial charge on any atom is 0.343 e. The van der Waals surface area contributed by atoms with Crippen LogP contribution in [0.4, 0.5) is 0 Å². The Labute approximate surface area is 150 Å². The fourth-order valence-electron chi connectivity index (χ4n) is 2.59. The first-order valence-corrected chi connectivity index (χ1v) is 8.46. The number of hydrogen-bond acceptors (Lipinski definition) is 5. The molecule has 26 heavy (non-hydrogen) atoms. The van der Waals surface area contributed by atoms with Crippen molar-refractivity contribution in [1.29, 1.82) is 0 Å². The Bertz CT molecular complexity index is 980. The third-order valence-corrected chi connectivity index (χ3v) is 3.98. The lowest BCUT2D eigenvalue weighted by atomic mass is 10.2. The summed E-state index contributed by atoms with van der Waals surface area (Å²) in [6.07, 6.45) is 1.67. The minimum atomic E-state index is -0.565. The minimum absolute atomic E-state index is 0.0519. The molecular weight excluding hydrogens is 332 g/mol. The van der Waals surface area contributed by atoms with Crippen LogP contribution in [-0.2, 0) is 0 Å². The van der Waals surface area contributed by atoms with Gasteiger partial charge in [-0.2, -0.15) is 0 Å². The molecule has 0 spiro atoms. The molecule has 6 heteroatoms. The van der Waals surface area contributed by atoms with Crippen LogP contribution in [0.3, 0.4) is 0 Å². The van der Waals surface area contributed by atoms with Crippen molar-refractivity contribution in [2.45, 2.75) is 19.8 Å². The normalized spacial score (nSPS) is 10.7. The summed E-state index contributed by atoms with van der Waals surface area (Å²) in [4.78, 5) is 25.2. The van der Waals surface area contributed by atoms with Gasteiger partial charge in [0.2, 0.25) is 5.75 Å². The molecule has 1 heterocycles. The standard InChI is InChI=1S/C20H20N2O4/c1-2-3-13-25-18-17(26-20(24)14-9-5-4-6-10-14)15-11-7-8-12-16(15)22(21)19(18)23/h4-12H,2-3,13,21H2,1H3. The molecule has 2 N–H and O–H groups in total. The number of benzene rings is 2. The molecule has 0 amide bonds. The molecule has 3 aromatic rings. The average Bonchev–Trinajstić information content (AvgIpc) is 2.68. The SMILES string of the molecule is CCCCOc1c(OC(=O)c2ccccc2)c2ccccc2n(N)c1=O. The zero-order valence-corrected chi connectivity index (χ0v) is 14.5. The molecule has 0 radical (unpaired) electrons. The third kappa shape index (κ3) is 3.39. The van der Waals surface area contributed by atoms with Crippen LogP contribution in [0.1, 0.15) is 30.1 Å². The van der Waals surface area contributed by atoms with Crippen molar-refractivity contribution in [3.05, 3.63) is 70.5 Å². The Morgan fingerprint density at radius 1 is 1.04 bits per heavy atom. The third-order valence-electron chi connectivity index (χ3n) is 3.98. The average molecular weight is 352 g/mol. The molecule has 0 saturated heterocycles. The molecule has 0 bridgehead atoms. The second-order valence-corrected chi connectivity index (χ2v) is 5.81. The van der Waals surface area contributed by atoms with Crippen LogP contribution in [0.15, 0.2) is 59.4 Å². The van der Waals surface area contributed by atoms with Gasteiger partial charge in [0, 0.05) is 5.39 Å². The molecule has 0 saturated carbocycles. The van der Waals surface area contributed by atoms with Crippen LogP contribution in [0.2, 0.25) is 0 Å². The van der Waals surface area contributed by atoms with Gasteiger partial charge in [-0.1, -0.05) is 43.7 Å². The Morgan fingerprint density at radius 2 is 1.73 bits per heavy atom. The number of carbonyl (C=O) groups excluding carboxylic acids is 1. The summed E-state index contributed by atoms with van der Waals surface area (Å²) in [6.45, 7) is 2.35. The van der Waals surface area contributed by atoms with E-state index in [1.165, 1.54) is 0 Å². The molecule has 6 nitrogen and oxygen atoms in total. The van der Waals surface area contributed by atoms with Gasteiger partial charge in [-0.3, -0.25) is 4.79 Å². The van der Waals surface area contributed by atoms with E-state index in [0.717, 1.165) is 17.5 Å². The van der Waals surface area contributed by atoms with E-state index < -0.39 is 11.5 Å². The first-order chi connectivity index (χ1) is 12.6. The number of fused-ring (bicyclic) bond motifs is 1. The summed E-state index contributed by atoms with van der Waals surface area (Å²) in [5.74, 6) is 5.40. The first-order valence-electron chi connectivity index (χ1n) is 8.46. The maximum atomic E-state index is 12.6. The van der Waals surface area contributed by atoms with Crippen LogP contribution in [0.25, 0.3) is 10.9 Å². The quantitative estimate of drug-likeness (QED) is 0.419. The van der Waals surface area contributed by atoms with Gasteiger partial charge in [0.25, 0.3) is 0 Å². The second-order valence-electron chi connectivity index (χ2n) is 5.81. The number of carbonyl (C=O) groups is 1.